The average molecular weight is 229 g/mol. The van der Waals surface area contributed by atoms with Gasteiger partial charge in [-0.25, -0.2) is 0 Å². The fourth-order valence-corrected chi connectivity index (χ4v) is 3.87. The highest BCUT2D eigenvalue weighted by molar-refractivity contribution is 7.99. The minimum absolute atomic E-state index is 0.710. The highest BCUT2D eigenvalue weighted by Gasteiger charge is 2.17. The Balaban J connectivity index is 2.19. The number of rotatable bonds is 6. The van der Waals surface area contributed by atoms with Crippen LogP contribution in [0.5, 0.6) is 0 Å². The van der Waals surface area contributed by atoms with Crippen molar-refractivity contribution >= 4 is 11.8 Å². The Labute approximate surface area is 99.8 Å². The zero-order valence-electron chi connectivity index (χ0n) is 10.6. The molecule has 90 valence electrons. The third-order valence-corrected chi connectivity index (χ3v) is 4.83. The summed E-state index contributed by atoms with van der Waals surface area (Å²) in [6, 6.07) is 0.710. The first-order chi connectivity index (χ1) is 7.24. The second kappa shape index (κ2) is 7.56. The van der Waals surface area contributed by atoms with E-state index in [9.17, 15) is 0 Å². The summed E-state index contributed by atoms with van der Waals surface area (Å²) in [5, 5.41) is 4.56. The van der Waals surface area contributed by atoms with Crippen molar-refractivity contribution in [2.75, 3.05) is 12.3 Å². The van der Waals surface area contributed by atoms with Crippen LogP contribution in [-0.4, -0.2) is 23.6 Å². The van der Waals surface area contributed by atoms with Gasteiger partial charge in [-0.2, -0.15) is 11.8 Å². The van der Waals surface area contributed by atoms with Crippen LogP contribution < -0.4 is 5.32 Å². The SMILES string of the molecule is CCNC(CSC1CCCCC1)C(C)C. The van der Waals surface area contributed by atoms with Gasteiger partial charge in [-0.3, -0.25) is 0 Å². The first-order valence-corrected chi connectivity index (χ1v) is 7.64. The third kappa shape index (κ3) is 5.26. The molecular weight excluding hydrogens is 202 g/mol. The molecule has 1 unspecified atom stereocenters. The van der Waals surface area contributed by atoms with E-state index in [1.807, 2.05) is 0 Å². The van der Waals surface area contributed by atoms with E-state index in [2.05, 4.69) is 37.8 Å². The van der Waals surface area contributed by atoms with Crippen LogP contribution in [0.2, 0.25) is 0 Å². The zero-order chi connectivity index (χ0) is 11.1. The lowest BCUT2D eigenvalue weighted by atomic mass is 10.0. The number of nitrogens with one attached hydrogen (secondary N) is 1. The number of thioether (sulfide) groups is 1. The Hall–Kier alpha value is 0.310. The standard InChI is InChI=1S/C13H27NS/c1-4-14-13(11(2)3)10-15-12-8-6-5-7-9-12/h11-14H,4-10H2,1-3H3. The summed E-state index contributed by atoms with van der Waals surface area (Å²) < 4.78 is 0. The number of hydrogen-bond donors (Lipinski definition) is 1. The van der Waals surface area contributed by atoms with Crippen molar-refractivity contribution in [3.63, 3.8) is 0 Å². The van der Waals surface area contributed by atoms with E-state index in [1.165, 1.54) is 37.9 Å². The van der Waals surface area contributed by atoms with Crippen LogP contribution in [0, 0.1) is 5.92 Å². The van der Waals surface area contributed by atoms with Gasteiger partial charge >= 0.3 is 0 Å². The molecule has 1 rings (SSSR count). The van der Waals surface area contributed by atoms with E-state index in [-0.39, 0.29) is 0 Å². The highest BCUT2D eigenvalue weighted by atomic mass is 32.2. The van der Waals surface area contributed by atoms with Gasteiger partial charge in [0.15, 0.2) is 0 Å². The molecule has 0 radical (unpaired) electrons. The first kappa shape index (κ1) is 13.4. The van der Waals surface area contributed by atoms with E-state index in [0.29, 0.717) is 6.04 Å². The molecule has 0 saturated heterocycles. The van der Waals surface area contributed by atoms with E-state index < -0.39 is 0 Å². The quantitative estimate of drug-likeness (QED) is 0.745. The smallest absolute Gasteiger partial charge is 0.0181 e. The summed E-state index contributed by atoms with van der Waals surface area (Å²) in [6.45, 7) is 7.97. The predicted molar refractivity (Wildman–Crippen MR) is 71.6 cm³/mol. The molecule has 1 N–H and O–H groups in total. The Morgan fingerprint density at radius 2 is 1.87 bits per heavy atom. The molecule has 1 nitrogen and oxygen atoms in total. The molecule has 0 aromatic carbocycles. The van der Waals surface area contributed by atoms with Gasteiger partial charge in [-0.15, -0.1) is 0 Å². The van der Waals surface area contributed by atoms with Gasteiger partial charge < -0.3 is 5.32 Å². The van der Waals surface area contributed by atoms with Crippen molar-refractivity contribution in [2.24, 2.45) is 5.92 Å². The summed E-state index contributed by atoms with van der Waals surface area (Å²) in [7, 11) is 0. The molecule has 1 aliphatic rings. The fourth-order valence-electron chi connectivity index (χ4n) is 2.22. The van der Waals surface area contributed by atoms with Crippen LogP contribution in [0.4, 0.5) is 0 Å². The van der Waals surface area contributed by atoms with Crippen molar-refractivity contribution in [1.82, 2.24) is 5.32 Å². The molecule has 1 aliphatic carbocycles. The third-order valence-electron chi connectivity index (χ3n) is 3.33. The Morgan fingerprint density at radius 3 is 2.40 bits per heavy atom. The van der Waals surface area contributed by atoms with Crippen LogP contribution in [-0.2, 0) is 0 Å². The maximum Gasteiger partial charge on any atom is 0.0181 e. The van der Waals surface area contributed by atoms with E-state index in [1.54, 1.807) is 0 Å². The summed E-state index contributed by atoms with van der Waals surface area (Å²) in [5.41, 5.74) is 0. The normalized spacial score (nSPS) is 20.8. The van der Waals surface area contributed by atoms with Gasteiger partial charge in [0, 0.05) is 17.0 Å². The van der Waals surface area contributed by atoms with Gasteiger partial charge in [0.25, 0.3) is 0 Å². The molecule has 2 heteroatoms. The molecule has 0 bridgehead atoms. The van der Waals surface area contributed by atoms with Crippen molar-refractivity contribution in [3.05, 3.63) is 0 Å². The predicted octanol–water partition coefficient (Wildman–Crippen LogP) is 3.69. The van der Waals surface area contributed by atoms with Crippen molar-refractivity contribution < 1.29 is 0 Å². The monoisotopic (exact) mass is 229 g/mol. The van der Waals surface area contributed by atoms with Crippen molar-refractivity contribution in [2.45, 2.75) is 64.2 Å². The topological polar surface area (TPSA) is 12.0 Å². The molecule has 0 aliphatic heterocycles. The second-order valence-electron chi connectivity index (χ2n) is 5.00. The maximum absolute atomic E-state index is 3.60. The summed E-state index contributed by atoms with van der Waals surface area (Å²) >= 11 is 2.21. The molecule has 0 heterocycles. The Kier molecular flexibility index (Phi) is 6.74. The fraction of sp³-hybridized carbons (Fsp3) is 1.00. The minimum Gasteiger partial charge on any atom is -0.313 e. The van der Waals surface area contributed by atoms with Crippen molar-refractivity contribution in [1.29, 1.82) is 0 Å². The molecule has 15 heavy (non-hydrogen) atoms. The van der Waals surface area contributed by atoms with Crippen LogP contribution in [0.1, 0.15) is 52.9 Å². The number of hydrogen-bond acceptors (Lipinski definition) is 2. The Morgan fingerprint density at radius 1 is 1.20 bits per heavy atom. The molecule has 0 amide bonds. The van der Waals surface area contributed by atoms with Crippen molar-refractivity contribution in [3.8, 4) is 0 Å². The molecule has 0 aromatic rings. The molecule has 1 fully saturated rings. The van der Waals surface area contributed by atoms with Gasteiger partial charge in [0.05, 0.1) is 0 Å². The van der Waals surface area contributed by atoms with Crippen LogP contribution >= 0.6 is 11.8 Å². The van der Waals surface area contributed by atoms with Crippen LogP contribution in [0.15, 0.2) is 0 Å². The van der Waals surface area contributed by atoms with Crippen LogP contribution in [0.25, 0.3) is 0 Å². The summed E-state index contributed by atoms with van der Waals surface area (Å²) in [5.74, 6) is 2.07. The van der Waals surface area contributed by atoms with Crippen LogP contribution in [0.3, 0.4) is 0 Å². The van der Waals surface area contributed by atoms with Gasteiger partial charge in [-0.1, -0.05) is 40.0 Å². The minimum atomic E-state index is 0.710. The second-order valence-corrected chi connectivity index (χ2v) is 6.33. The van der Waals surface area contributed by atoms with Gasteiger partial charge in [0.1, 0.15) is 0 Å². The lowest BCUT2D eigenvalue weighted by molar-refractivity contribution is 0.441. The largest absolute Gasteiger partial charge is 0.313 e. The molecular formula is C13H27NS. The summed E-state index contributed by atoms with van der Waals surface area (Å²) in [6.07, 6.45) is 7.32. The average Bonchev–Trinajstić information content (AvgIpc) is 2.25. The highest BCUT2D eigenvalue weighted by Crippen LogP contribution is 2.29. The maximum atomic E-state index is 3.60. The summed E-state index contributed by atoms with van der Waals surface area (Å²) in [4.78, 5) is 0. The molecule has 0 spiro atoms. The van der Waals surface area contributed by atoms with E-state index in [4.69, 9.17) is 0 Å². The van der Waals surface area contributed by atoms with E-state index in [0.717, 1.165) is 17.7 Å². The molecule has 0 aromatic heterocycles. The lowest BCUT2D eigenvalue weighted by Crippen LogP contribution is -2.36. The lowest BCUT2D eigenvalue weighted by Gasteiger charge is -2.26. The zero-order valence-corrected chi connectivity index (χ0v) is 11.4. The Bertz CT molecular complexity index is 153. The first-order valence-electron chi connectivity index (χ1n) is 6.59. The van der Waals surface area contributed by atoms with Gasteiger partial charge in [-0.05, 0) is 25.3 Å². The molecule has 1 atom stereocenters. The van der Waals surface area contributed by atoms with Gasteiger partial charge in [0.2, 0.25) is 0 Å². The molecule has 1 saturated carbocycles. The van der Waals surface area contributed by atoms with E-state index >= 15 is 0 Å².